The monoisotopic (exact) mass is 223 g/mol. The lowest BCUT2D eigenvalue weighted by molar-refractivity contribution is 0.147. The maximum atomic E-state index is 8.85. The normalized spacial score (nSPS) is 18.5. The summed E-state index contributed by atoms with van der Waals surface area (Å²) in [4.78, 5) is 0. The van der Waals surface area contributed by atoms with Crippen LogP contribution in [0.4, 0.5) is 0 Å². The highest BCUT2D eigenvalue weighted by Crippen LogP contribution is 2.40. The summed E-state index contributed by atoms with van der Waals surface area (Å²) in [7, 11) is 0. The van der Waals surface area contributed by atoms with Gasteiger partial charge in [-0.1, -0.05) is 47.0 Å². The Bertz CT molecular complexity index is 216. The minimum Gasteiger partial charge on any atom is -0.198 e. The van der Waals surface area contributed by atoms with E-state index < -0.39 is 0 Å². The van der Waals surface area contributed by atoms with Crippen molar-refractivity contribution in [3.05, 3.63) is 0 Å². The SMILES string of the molecule is CCCC(C)[C@@](C)(CCC)CCC(C)C#N. The molecule has 0 saturated heterocycles. The fraction of sp³-hybridized carbons (Fsp3) is 0.933. The summed E-state index contributed by atoms with van der Waals surface area (Å²) in [6.07, 6.45) is 7.40. The van der Waals surface area contributed by atoms with Crippen LogP contribution in [-0.4, -0.2) is 0 Å². The maximum absolute atomic E-state index is 8.85. The van der Waals surface area contributed by atoms with Crippen LogP contribution in [-0.2, 0) is 0 Å². The molecule has 0 rings (SSSR count). The van der Waals surface area contributed by atoms with E-state index in [1.54, 1.807) is 0 Å². The van der Waals surface area contributed by atoms with Crippen LogP contribution in [0.15, 0.2) is 0 Å². The predicted molar refractivity (Wildman–Crippen MR) is 71.1 cm³/mol. The third-order valence-corrected chi connectivity index (χ3v) is 4.10. The van der Waals surface area contributed by atoms with Crippen LogP contribution in [0.1, 0.15) is 73.1 Å². The van der Waals surface area contributed by atoms with Gasteiger partial charge in [0.1, 0.15) is 0 Å². The zero-order valence-corrected chi connectivity index (χ0v) is 11.8. The van der Waals surface area contributed by atoms with E-state index in [1.807, 2.05) is 6.92 Å². The van der Waals surface area contributed by atoms with Crippen molar-refractivity contribution >= 4 is 0 Å². The number of rotatable bonds is 8. The van der Waals surface area contributed by atoms with Gasteiger partial charge in [0.15, 0.2) is 0 Å². The third-order valence-electron chi connectivity index (χ3n) is 4.10. The van der Waals surface area contributed by atoms with Crippen LogP contribution in [0, 0.1) is 28.6 Å². The Kier molecular flexibility index (Phi) is 7.47. The Hall–Kier alpha value is -0.510. The highest BCUT2D eigenvalue weighted by Gasteiger charge is 2.29. The van der Waals surface area contributed by atoms with E-state index in [0.717, 1.165) is 12.3 Å². The summed E-state index contributed by atoms with van der Waals surface area (Å²) in [6.45, 7) is 11.4. The molecule has 0 aliphatic rings. The molecule has 0 heterocycles. The lowest BCUT2D eigenvalue weighted by Crippen LogP contribution is -2.26. The van der Waals surface area contributed by atoms with Gasteiger partial charge in [0, 0.05) is 5.92 Å². The number of nitrogens with zero attached hydrogens (tertiary/aromatic N) is 1. The van der Waals surface area contributed by atoms with Crippen LogP contribution in [0.5, 0.6) is 0 Å². The van der Waals surface area contributed by atoms with Gasteiger partial charge in [-0.3, -0.25) is 0 Å². The lowest BCUT2D eigenvalue weighted by Gasteiger charge is -2.36. The molecule has 1 nitrogen and oxygen atoms in total. The third kappa shape index (κ3) is 5.01. The topological polar surface area (TPSA) is 23.8 Å². The second-order valence-electron chi connectivity index (χ2n) is 5.66. The Labute approximate surface area is 102 Å². The fourth-order valence-electron chi connectivity index (χ4n) is 2.58. The summed E-state index contributed by atoms with van der Waals surface area (Å²) in [5.74, 6) is 0.994. The number of hydrogen-bond acceptors (Lipinski definition) is 1. The number of hydrogen-bond donors (Lipinski definition) is 0. The average molecular weight is 223 g/mol. The van der Waals surface area contributed by atoms with Crippen LogP contribution in [0.25, 0.3) is 0 Å². The van der Waals surface area contributed by atoms with Crippen molar-refractivity contribution < 1.29 is 0 Å². The van der Waals surface area contributed by atoms with Crippen LogP contribution < -0.4 is 0 Å². The van der Waals surface area contributed by atoms with E-state index in [-0.39, 0.29) is 5.92 Å². The van der Waals surface area contributed by atoms with E-state index in [9.17, 15) is 0 Å². The maximum Gasteiger partial charge on any atom is 0.0652 e. The molecule has 1 heteroatoms. The molecular formula is C15H29N. The molecule has 0 spiro atoms. The molecule has 0 aromatic carbocycles. The molecule has 0 aromatic heterocycles. The summed E-state index contributed by atoms with van der Waals surface area (Å²) in [5.41, 5.74) is 0.440. The molecule has 0 aromatic rings. The zero-order valence-electron chi connectivity index (χ0n) is 11.8. The second-order valence-corrected chi connectivity index (χ2v) is 5.66. The van der Waals surface area contributed by atoms with Gasteiger partial charge >= 0.3 is 0 Å². The quantitative estimate of drug-likeness (QED) is 0.557. The van der Waals surface area contributed by atoms with Crippen molar-refractivity contribution in [3.63, 3.8) is 0 Å². The first-order chi connectivity index (χ1) is 7.50. The summed E-state index contributed by atoms with van der Waals surface area (Å²) in [5, 5.41) is 8.85. The highest BCUT2D eigenvalue weighted by molar-refractivity contribution is 4.85. The largest absolute Gasteiger partial charge is 0.198 e. The molecule has 0 fully saturated rings. The molecule has 0 aliphatic carbocycles. The van der Waals surface area contributed by atoms with Crippen LogP contribution in [0.2, 0.25) is 0 Å². The molecule has 0 radical (unpaired) electrons. The molecule has 16 heavy (non-hydrogen) atoms. The molecule has 0 amide bonds. The molecule has 0 N–H and O–H groups in total. The van der Waals surface area contributed by atoms with Gasteiger partial charge in [0.2, 0.25) is 0 Å². The van der Waals surface area contributed by atoms with Crippen LogP contribution >= 0.6 is 0 Å². The Balaban J connectivity index is 4.38. The second kappa shape index (κ2) is 7.71. The Morgan fingerprint density at radius 1 is 1.06 bits per heavy atom. The average Bonchev–Trinajstić information content (AvgIpc) is 2.26. The van der Waals surface area contributed by atoms with Crippen molar-refractivity contribution in [1.82, 2.24) is 0 Å². The van der Waals surface area contributed by atoms with E-state index >= 15 is 0 Å². The van der Waals surface area contributed by atoms with Gasteiger partial charge < -0.3 is 0 Å². The van der Waals surface area contributed by atoms with E-state index in [0.29, 0.717) is 5.41 Å². The van der Waals surface area contributed by atoms with Crippen molar-refractivity contribution in [2.45, 2.75) is 73.1 Å². The highest BCUT2D eigenvalue weighted by atomic mass is 14.4. The minimum atomic E-state index is 0.213. The van der Waals surface area contributed by atoms with Crippen molar-refractivity contribution in [3.8, 4) is 6.07 Å². The van der Waals surface area contributed by atoms with Crippen LogP contribution in [0.3, 0.4) is 0 Å². The molecule has 0 bridgehead atoms. The Morgan fingerprint density at radius 2 is 1.69 bits per heavy atom. The molecule has 2 unspecified atom stereocenters. The van der Waals surface area contributed by atoms with Gasteiger partial charge in [0.25, 0.3) is 0 Å². The van der Waals surface area contributed by atoms with Crippen molar-refractivity contribution in [2.24, 2.45) is 17.3 Å². The smallest absolute Gasteiger partial charge is 0.0652 e. The van der Waals surface area contributed by atoms with Gasteiger partial charge in [-0.15, -0.1) is 0 Å². The molecule has 0 saturated carbocycles. The lowest BCUT2D eigenvalue weighted by atomic mass is 9.69. The Morgan fingerprint density at radius 3 is 2.12 bits per heavy atom. The first-order valence-electron chi connectivity index (χ1n) is 6.89. The number of nitriles is 1. The molecular weight excluding hydrogens is 194 g/mol. The van der Waals surface area contributed by atoms with Gasteiger partial charge in [0.05, 0.1) is 6.07 Å². The van der Waals surface area contributed by atoms with E-state index in [2.05, 4.69) is 33.8 Å². The van der Waals surface area contributed by atoms with Crippen molar-refractivity contribution in [1.29, 1.82) is 5.26 Å². The van der Waals surface area contributed by atoms with E-state index in [1.165, 1.54) is 32.1 Å². The van der Waals surface area contributed by atoms with E-state index in [4.69, 9.17) is 5.26 Å². The first-order valence-corrected chi connectivity index (χ1v) is 6.89. The van der Waals surface area contributed by atoms with Gasteiger partial charge in [-0.25, -0.2) is 0 Å². The molecule has 0 aliphatic heterocycles. The summed E-state index contributed by atoms with van der Waals surface area (Å²) >= 11 is 0. The predicted octanol–water partition coefficient (Wildman–Crippen LogP) is 5.17. The standard InChI is InChI=1S/C15H29N/c1-6-8-14(4)15(5,10-7-2)11-9-13(3)12-16/h13-14H,6-11H2,1-5H3/t13?,14?,15-/m0/s1. The van der Waals surface area contributed by atoms with Crippen molar-refractivity contribution in [2.75, 3.05) is 0 Å². The van der Waals surface area contributed by atoms with Gasteiger partial charge in [-0.2, -0.15) is 5.26 Å². The minimum absolute atomic E-state index is 0.213. The fourth-order valence-corrected chi connectivity index (χ4v) is 2.58. The first kappa shape index (κ1) is 15.5. The molecule has 94 valence electrons. The summed E-state index contributed by atoms with van der Waals surface area (Å²) < 4.78 is 0. The molecule has 3 atom stereocenters. The zero-order chi connectivity index (χ0) is 12.6. The van der Waals surface area contributed by atoms with Gasteiger partial charge in [-0.05, 0) is 37.5 Å². The summed E-state index contributed by atoms with van der Waals surface area (Å²) in [6, 6.07) is 2.35.